The normalized spacial score (nSPS) is 10.3. The van der Waals surface area contributed by atoms with Crippen LogP contribution < -0.4 is 5.73 Å². The Bertz CT molecular complexity index is 365. The fourth-order valence-electron chi connectivity index (χ4n) is 1.33. The van der Waals surface area contributed by atoms with E-state index in [1.54, 1.807) is 25.3 Å². The molecule has 16 heavy (non-hydrogen) atoms. The zero-order chi connectivity index (χ0) is 12.0. The molecule has 1 rings (SSSR count). The number of hydrogen-bond acceptors (Lipinski definition) is 4. The number of benzene rings is 1. The van der Waals surface area contributed by atoms with Gasteiger partial charge in [0.05, 0.1) is 25.4 Å². The van der Waals surface area contributed by atoms with E-state index in [4.69, 9.17) is 20.3 Å². The summed E-state index contributed by atoms with van der Waals surface area (Å²) in [5.74, 6) is -1.04. The first-order valence-electron chi connectivity index (χ1n) is 4.84. The van der Waals surface area contributed by atoms with Crippen molar-refractivity contribution in [3.8, 4) is 0 Å². The first-order chi connectivity index (χ1) is 7.66. The van der Waals surface area contributed by atoms with Gasteiger partial charge in [0, 0.05) is 12.8 Å². The zero-order valence-corrected chi connectivity index (χ0v) is 9.10. The van der Waals surface area contributed by atoms with Gasteiger partial charge in [0.1, 0.15) is 0 Å². The summed E-state index contributed by atoms with van der Waals surface area (Å²) < 4.78 is 10.1. The van der Waals surface area contributed by atoms with Crippen LogP contribution in [0.5, 0.6) is 0 Å². The molecule has 1 aromatic rings. The molecule has 0 saturated heterocycles. The van der Waals surface area contributed by atoms with Crippen molar-refractivity contribution < 1.29 is 19.4 Å². The lowest BCUT2D eigenvalue weighted by Crippen LogP contribution is -2.09. The summed E-state index contributed by atoms with van der Waals surface area (Å²) in [6.07, 6.45) is 0. The molecule has 0 aliphatic carbocycles. The Morgan fingerprint density at radius 3 is 2.81 bits per heavy atom. The molecule has 0 aliphatic rings. The van der Waals surface area contributed by atoms with Crippen LogP contribution >= 0.6 is 0 Å². The van der Waals surface area contributed by atoms with Crippen molar-refractivity contribution in [1.29, 1.82) is 0 Å². The van der Waals surface area contributed by atoms with Crippen molar-refractivity contribution in [3.63, 3.8) is 0 Å². The quantitative estimate of drug-likeness (QED) is 0.560. The van der Waals surface area contributed by atoms with E-state index in [1.807, 2.05) is 0 Å². The molecule has 0 bridgehead atoms. The highest BCUT2D eigenvalue weighted by Gasteiger charge is 2.13. The van der Waals surface area contributed by atoms with E-state index in [1.165, 1.54) is 0 Å². The van der Waals surface area contributed by atoms with Gasteiger partial charge in [-0.15, -0.1) is 0 Å². The molecule has 5 heteroatoms. The maximum atomic E-state index is 11.0. The van der Waals surface area contributed by atoms with Gasteiger partial charge in [-0.3, -0.25) is 0 Å². The Kier molecular flexibility index (Phi) is 4.75. The molecular weight excluding hydrogens is 210 g/mol. The van der Waals surface area contributed by atoms with Gasteiger partial charge in [-0.1, -0.05) is 12.1 Å². The van der Waals surface area contributed by atoms with Crippen molar-refractivity contribution in [2.75, 3.05) is 26.1 Å². The number of nitrogens with two attached hydrogens (primary N) is 1. The highest BCUT2D eigenvalue weighted by Crippen LogP contribution is 2.17. The highest BCUT2D eigenvalue weighted by atomic mass is 16.5. The fraction of sp³-hybridized carbons (Fsp3) is 0.364. The number of carboxylic acids is 1. The number of rotatable bonds is 6. The van der Waals surface area contributed by atoms with E-state index >= 15 is 0 Å². The van der Waals surface area contributed by atoms with Crippen molar-refractivity contribution in [1.82, 2.24) is 0 Å². The van der Waals surface area contributed by atoms with E-state index in [0.717, 1.165) is 0 Å². The van der Waals surface area contributed by atoms with Crippen LogP contribution in [0.15, 0.2) is 18.2 Å². The number of methoxy groups -OCH3 is 1. The second-order valence-corrected chi connectivity index (χ2v) is 3.23. The molecule has 0 radical (unpaired) electrons. The standard InChI is InChI=1S/C11H15NO4/c1-15-5-6-16-7-8-3-2-4-9(12)10(8)11(13)14/h2-4H,5-7,12H2,1H3,(H,13,14). The summed E-state index contributed by atoms with van der Waals surface area (Å²) in [5.41, 5.74) is 6.53. The molecule has 3 N–H and O–H groups in total. The number of aromatic carboxylic acids is 1. The maximum absolute atomic E-state index is 11.0. The number of anilines is 1. The summed E-state index contributed by atoms with van der Waals surface area (Å²) in [6, 6.07) is 4.95. The van der Waals surface area contributed by atoms with E-state index in [-0.39, 0.29) is 17.9 Å². The molecule has 0 spiro atoms. The van der Waals surface area contributed by atoms with Crippen LogP contribution in [0, 0.1) is 0 Å². The Morgan fingerprint density at radius 1 is 1.44 bits per heavy atom. The Morgan fingerprint density at radius 2 is 2.19 bits per heavy atom. The number of nitrogen functional groups attached to an aromatic ring is 1. The van der Waals surface area contributed by atoms with Gasteiger partial charge < -0.3 is 20.3 Å². The number of carbonyl (C=O) groups is 1. The summed E-state index contributed by atoms with van der Waals surface area (Å²) >= 11 is 0. The Hall–Kier alpha value is -1.59. The lowest BCUT2D eigenvalue weighted by molar-refractivity contribution is 0.0590. The first kappa shape index (κ1) is 12.5. The van der Waals surface area contributed by atoms with Crippen molar-refractivity contribution >= 4 is 11.7 Å². The zero-order valence-electron chi connectivity index (χ0n) is 9.10. The van der Waals surface area contributed by atoms with Gasteiger partial charge in [-0.25, -0.2) is 4.79 Å². The molecule has 0 unspecified atom stereocenters. The second-order valence-electron chi connectivity index (χ2n) is 3.23. The number of carboxylic acid groups (broad SMARTS) is 1. The molecule has 0 amide bonds. The SMILES string of the molecule is COCCOCc1cccc(N)c1C(=O)O. The van der Waals surface area contributed by atoms with Crippen LogP contribution in [-0.4, -0.2) is 31.4 Å². The Balaban J connectivity index is 2.71. The van der Waals surface area contributed by atoms with Crippen molar-refractivity contribution in [2.24, 2.45) is 0 Å². The van der Waals surface area contributed by atoms with Crippen LogP contribution in [-0.2, 0) is 16.1 Å². The van der Waals surface area contributed by atoms with Crippen LogP contribution in [0.1, 0.15) is 15.9 Å². The predicted molar refractivity (Wildman–Crippen MR) is 59.3 cm³/mol. The lowest BCUT2D eigenvalue weighted by Gasteiger charge is -2.09. The highest BCUT2D eigenvalue weighted by molar-refractivity contribution is 5.95. The van der Waals surface area contributed by atoms with Gasteiger partial charge in [-0.2, -0.15) is 0 Å². The van der Waals surface area contributed by atoms with Crippen molar-refractivity contribution in [2.45, 2.75) is 6.61 Å². The molecule has 1 aromatic carbocycles. The monoisotopic (exact) mass is 225 g/mol. The third-order valence-electron chi connectivity index (χ3n) is 2.09. The van der Waals surface area contributed by atoms with Crippen LogP contribution in [0.2, 0.25) is 0 Å². The first-order valence-corrected chi connectivity index (χ1v) is 4.84. The minimum atomic E-state index is -1.04. The number of ether oxygens (including phenoxy) is 2. The molecule has 0 heterocycles. The predicted octanol–water partition coefficient (Wildman–Crippen LogP) is 1.13. The van der Waals surface area contributed by atoms with Crippen molar-refractivity contribution in [3.05, 3.63) is 29.3 Å². The second kappa shape index (κ2) is 6.09. The molecule has 0 aromatic heterocycles. The van der Waals surface area contributed by atoms with E-state index < -0.39 is 5.97 Å². The third-order valence-corrected chi connectivity index (χ3v) is 2.09. The van der Waals surface area contributed by atoms with Crippen LogP contribution in [0.4, 0.5) is 5.69 Å². The number of hydrogen-bond donors (Lipinski definition) is 2. The largest absolute Gasteiger partial charge is 0.478 e. The summed E-state index contributed by atoms with van der Waals surface area (Å²) in [6.45, 7) is 1.12. The smallest absolute Gasteiger partial charge is 0.338 e. The minimum Gasteiger partial charge on any atom is -0.478 e. The lowest BCUT2D eigenvalue weighted by atomic mass is 10.1. The average Bonchev–Trinajstić information content (AvgIpc) is 2.24. The molecule has 0 saturated carbocycles. The molecule has 88 valence electrons. The minimum absolute atomic E-state index is 0.111. The van der Waals surface area contributed by atoms with Gasteiger partial charge in [0.15, 0.2) is 0 Å². The topological polar surface area (TPSA) is 81.8 Å². The molecular formula is C11H15NO4. The molecule has 0 fully saturated rings. The molecule has 0 atom stereocenters. The molecule has 0 aliphatic heterocycles. The van der Waals surface area contributed by atoms with Gasteiger partial charge in [0.2, 0.25) is 0 Å². The maximum Gasteiger partial charge on any atom is 0.338 e. The van der Waals surface area contributed by atoms with Crippen LogP contribution in [0.25, 0.3) is 0 Å². The van der Waals surface area contributed by atoms with E-state index in [9.17, 15) is 4.79 Å². The van der Waals surface area contributed by atoms with Crippen LogP contribution in [0.3, 0.4) is 0 Å². The summed E-state index contributed by atoms with van der Waals surface area (Å²) in [5, 5.41) is 8.99. The van der Waals surface area contributed by atoms with Gasteiger partial charge in [0.25, 0.3) is 0 Å². The van der Waals surface area contributed by atoms with E-state index in [0.29, 0.717) is 18.8 Å². The Labute approximate surface area is 93.8 Å². The third kappa shape index (κ3) is 3.22. The average molecular weight is 225 g/mol. The van der Waals surface area contributed by atoms with E-state index in [2.05, 4.69) is 0 Å². The summed E-state index contributed by atoms with van der Waals surface area (Å²) in [7, 11) is 1.58. The van der Waals surface area contributed by atoms with Gasteiger partial charge >= 0.3 is 5.97 Å². The fourth-order valence-corrected chi connectivity index (χ4v) is 1.33. The molecule has 5 nitrogen and oxygen atoms in total. The summed E-state index contributed by atoms with van der Waals surface area (Å²) in [4.78, 5) is 11.0. The van der Waals surface area contributed by atoms with Gasteiger partial charge in [-0.05, 0) is 11.6 Å².